The Morgan fingerprint density at radius 3 is 2.68 bits per heavy atom. The normalized spacial score (nSPS) is 27.6. The number of benzene rings is 2. The van der Waals surface area contributed by atoms with E-state index in [1.807, 2.05) is 0 Å². The minimum Gasteiger partial charge on any atom is -0.493 e. The fraction of sp³-hybridized carbons (Fsp3) is 0.400. The van der Waals surface area contributed by atoms with Crippen LogP contribution in [0.1, 0.15) is 31.0 Å². The Morgan fingerprint density at radius 1 is 1.24 bits per heavy atom. The number of rotatable bonds is 4. The lowest BCUT2D eigenvalue weighted by Crippen LogP contribution is -2.67. The van der Waals surface area contributed by atoms with Crippen molar-refractivity contribution < 1.29 is 28.2 Å². The zero-order valence-electron chi connectivity index (χ0n) is 18.8. The number of carbonyl (C=O) groups is 3. The molecule has 9 heteroatoms. The second-order valence-electron chi connectivity index (χ2n) is 9.03. The van der Waals surface area contributed by atoms with Gasteiger partial charge < -0.3 is 19.3 Å². The Kier molecular flexibility index (Phi) is 5.51. The molecule has 34 heavy (non-hydrogen) atoms. The van der Waals surface area contributed by atoms with E-state index in [0.29, 0.717) is 21.9 Å². The molecule has 7 nitrogen and oxygen atoms in total. The van der Waals surface area contributed by atoms with E-state index < -0.39 is 29.4 Å². The molecule has 0 spiro atoms. The number of halogens is 2. The van der Waals surface area contributed by atoms with E-state index >= 15 is 0 Å². The molecule has 2 amide bonds. The molecule has 178 valence electrons. The summed E-state index contributed by atoms with van der Waals surface area (Å²) >= 11 is 6.26. The number of hydrogen-bond donors (Lipinski definition) is 0. The Balaban J connectivity index is 1.59. The minimum atomic E-state index is -1.47. The zero-order valence-corrected chi connectivity index (χ0v) is 19.5. The van der Waals surface area contributed by atoms with Gasteiger partial charge in [0.15, 0.2) is 0 Å². The standard InChI is InChI=1S/C25H24ClFN2O5/c1-3-33-23(31)21-18-13-34-19-9-6-15(26)10-17(19)22(18)29-20(30)12-28(24(32)25(21,29)2)11-14-4-7-16(27)8-5-14/h4-10,18,21-22H,3,11-13H2,1-2H3/t18?,21?,22?,25-/m1/s1. The van der Waals surface area contributed by atoms with Crippen LogP contribution in [0.3, 0.4) is 0 Å². The Labute approximate surface area is 201 Å². The molecule has 2 aromatic rings. The van der Waals surface area contributed by atoms with Crippen molar-refractivity contribution in [3.63, 3.8) is 0 Å². The summed E-state index contributed by atoms with van der Waals surface area (Å²) in [4.78, 5) is 43.8. The van der Waals surface area contributed by atoms with Crippen LogP contribution < -0.4 is 4.74 Å². The summed E-state index contributed by atoms with van der Waals surface area (Å²) in [5.74, 6) is -2.38. The molecule has 0 aromatic heterocycles. The van der Waals surface area contributed by atoms with Crippen LogP contribution in [0, 0.1) is 17.7 Å². The quantitative estimate of drug-likeness (QED) is 0.619. The van der Waals surface area contributed by atoms with Crippen LogP contribution in [0.15, 0.2) is 42.5 Å². The molecule has 3 unspecified atom stereocenters. The predicted molar refractivity (Wildman–Crippen MR) is 120 cm³/mol. The molecular weight excluding hydrogens is 463 g/mol. The molecule has 4 atom stereocenters. The van der Waals surface area contributed by atoms with Gasteiger partial charge in [-0.3, -0.25) is 14.4 Å². The van der Waals surface area contributed by atoms with Crippen LogP contribution >= 0.6 is 11.6 Å². The first-order valence-electron chi connectivity index (χ1n) is 11.2. The van der Waals surface area contributed by atoms with Crippen LogP contribution in [0.5, 0.6) is 5.75 Å². The molecule has 0 saturated carbocycles. The lowest BCUT2D eigenvalue weighted by Gasteiger charge is -2.47. The average Bonchev–Trinajstić information content (AvgIpc) is 3.09. The number of nitrogens with zero attached hydrogens (tertiary/aromatic N) is 2. The molecule has 0 aliphatic carbocycles. The van der Waals surface area contributed by atoms with E-state index in [9.17, 15) is 18.8 Å². The maximum absolute atomic E-state index is 14.0. The van der Waals surface area contributed by atoms with E-state index in [2.05, 4.69) is 0 Å². The highest BCUT2D eigenvalue weighted by molar-refractivity contribution is 6.30. The van der Waals surface area contributed by atoms with Crippen molar-refractivity contribution in [1.82, 2.24) is 9.80 Å². The smallest absolute Gasteiger partial charge is 0.312 e. The van der Waals surface area contributed by atoms with Gasteiger partial charge >= 0.3 is 5.97 Å². The predicted octanol–water partition coefficient (Wildman–Crippen LogP) is 3.35. The highest BCUT2D eigenvalue weighted by atomic mass is 35.5. The summed E-state index contributed by atoms with van der Waals surface area (Å²) in [5, 5.41) is 0.470. The lowest BCUT2D eigenvalue weighted by atomic mass is 9.77. The van der Waals surface area contributed by atoms with Gasteiger partial charge in [-0.15, -0.1) is 0 Å². The van der Waals surface area contributed by atoms with Gasteiger partial charge in [0.2, 0.25) is 11.8 Å². The minimum absolute atomic E-state index is 0.123. The van der Waals surface area contributed by atoms with Gasteiger partial charge in [0.1, 0.15) is 23.7 Å². The highest BCUT2D eigenvalue weighted by Gasteiger charge is 2.69. The van der Waals surface area contributed by atoms with Crippen molar-refractivity contribution >= 4 is 29.4 Å². The van der Waals surface area contributed by atoms with Gasteiger partial charge in [0.05, 0.1) is 25.2 Å². The molecular formula is C25H24ClFN2O5. The maximum Gasteiger partial charge on any atom is 0.312 e. The SMILES string of the molecule is CCOC(=O)C1C2COc3ccc(Cl)cc3C2N2C(=O)CN(Cc3ccc(F)cc3)C(=O)[C@@]12C. The maximum atomic E-state index is 14.0. The summed E-state index contributed by atoms with van der Waals surface area (Å²) in [6.07, 6.45) is 0. The topological polar surface area (TPSA) is 76.2 Å². The van der Waals surface area contributed by atoms with Crippen molar-refractivity contribution in [2.24, 2.45) is 11.8 Å². The van der Waals surface area contributed by atoms with Crippen molar-refractivity contribution in [2.45, 2.75) is 32.0 Å². The highest BCUT2D eigenvalue weighted by Crippen LogP contribution is 2.57. The van der Waals surface area contributed by atoms with Gasteiger partial charge in [-0.25, -0.2) is 4.39 Å². The first-order chi connectivity index (χ1) is 16.3. The molecule has 0 bridgehead atoms. The van der Waals surface area contributed by atoms with E-state index in [4.69, 9.17) is 21.1 Å². The molecule has 2 aromatic carbocycles. The number of ether oxygens (including phenoxy) is 2. The fourth-order valence-electron chi connectivity index (χ4n) is 5.71. The summed E-state index contributed by atoms with van der Waals surface area (Å²) < 4.78 is 24.7. The van der Waals surface area contributed by atoms with Crippen LogP contribution in [0.4, 0.5) is 4.39 Å². The van der Waals surface area contributed by atoms with Gasteiger partial charge in [-0.1, -0.05) is 23.7 Å². The van der Waals surface area contributed by atoms with Crippen LogP contribution in [-0.2, 0) is 25.7 Å². The molecule has 3 aliphatic heterocycles. The number of hydrogen-bond acceptors (Lipinski definition) is 5. The first-order valence-corrected chi connectivity index (χ1v) is 11.6. The van der Waals surface area contributed by atoms with Crippen molar-refractivity contribution in [3.05, 3.63) is 64.4 Å². The van der Waals surface area contributed by atoms with Gasteiger partial charge in [0.25, 0.3) is 0 Å². The van der Waals surface area contributed by atoms with E-state index in [1.54, 1.807) is 49.1 Å². The zero-order chi connectivity index (χ0) is 24.2. The average molecular weight is 487 g/mol. The van der Waals surface area contributed by atoms with Crippen LogP contribution in [0.25, 0.3) is 0 Å². The van der Waals surface area contributed by atoms with Gasteiger partial charge in [0, 0.05) is 23.0 Å². The molecule has 0 N–H and O–H groups in total. The lowest BCUT2D eigenvalue weighted by molar-refractivity contribution is -0.170. The van der Waals surface area contributed by atoms with E-state index in [1.165, 1.54) is 17.0 Å². The number of piperazine rings is 1. The third kappa shape index (κ3) is 3.35. The number of fused-ring (bicyclic) bond motifs is 5. The second kappa shape index (κ2) is 8.27. The molecule has 0 radical (unpaired) electrons. The van der Waals surface area contributed by atoms with Crippen molar-refractivity contribution in [1.29, 1.82) is 0 Å². The molecule has 2 saturated heterocycles. The third-order valence-electron chi connectivity index (χ3n) is 7.08. The summed E-state index contributed by atoms with van der Waals surface area (Å²) in [7, 11) is 0. The molecule has 3 heterocycles. The van der Waals surface area contributed by atoms with E-state index in [0.717, 1.165) is 0 Å². The summed E-state index contributed by atoms with van der Waals surface area (Å²) in [6.45, 7) is 3.61. The Bertz CT molecular complexity index is 1170. The third-order valence-corrected chi connectivity index (χ3v) is 7.32. The van der Waals surface area contributed by atoms with Crippen molar-refractivity contribution in [2.75, 3.05) is 19.8 Å². The number of amides is 2. The molecule has 2 fully saturated rings. The largest absolute Gasteiger partial charge is 0.493 e. The summed E-state index contributed by atoms with van der Waals surface area (Å²) in [6, 6.07) is 10.4. The fourth-order valence-corrected chi connectivity index (χ4v) is 5.89. The van der Waals surface area contributed by atoms with Crippen LogP contribution in [-0.4, -0.2) is 52.9 Å². The van der Waals surface area contributed by atoms with Gasteiger partial charge in [-0.05, 0) is 49.7 Å². The monoisotopic (exact) mass is 486 g/mol. The first kappa shape index (κ1) is 22.7. The Morgan fingerprint density at radius 2 is 1.97 bits per heavy atom. The van der Waals surface area contributed by atoms with Gasteiger partial charge in [-0.2, -0.15) is 0 Å². The van der Waals surface area contributed by atoms with Crippen LogP contribution in [0.2, 0.25) is 5.02 Å². The number of esters is 1. The molecule has 3 aliphatic rings. The Hall–Kier alpha value is -3.13. The van der Waals surface area contributed by atoms with E-state index in [-0.39, 0.29) is 43.9 Å². The molecule has 5 rings (SSSR count). The van der Waals surface area contributed by atoms with Crippen molar-refractivity contribution in [3.8, 4) is 5.75 Å². The number of carbonyl (C=O) groups excluding carboxylic acids is 3. The second-order valence-corrected chi connectivity index (χ2v) is 9.47. The summed E-state index contributed by atoms with van der Waals surface area (Å²) in [5.41, 5.74) is -0.109.